The Morgan fingerprint density at radius 2 is 1.85 bits per heavy atom. The Morgan fingerprint density at radius 3 is 2.48 bits per heavy atom. The summed E-state index contributed by atoms with van der Waals surface area (Å²) < 4.78 is 10.9. The van der Waals surface area contributed by atoms with Gasteiger partial charge in [0.15, 0.2) is 0 Å². The van der Waals surface area contributed by atoms with Gasteiger partial charge in [-0.15, -0.1) is 0 Å². The van der Waals surface area contributed by atoms with Gasteiger partial charge in [-0.25, -0.2) is 4.79 Å². The molecule has 1 saturated heterocycles. The first kappa shape index (κ1) is 17.3. The summed E-state index contributed by atoms with van der Waals surface area (Å²) in [6, 6.07) is 3.12. The number of aryl methyl sites for hydroxylation is 1. The number of carbonyl (C=O) groups excluding carboxylic acids is 1. The molecule has 27 heavy (non-hydrogen) atoms. The van der Waals surface area contributed by atoms with E-state index in [1.165, 1.54) is 44.6 Å². The molecule has 1 unspecified atom stereocenters. The quantitative estimate of drug-likeness (QED) is 0.812. The average Bonchev–Trinajstić information content (AvgIpc) is 3.00. The molecule has 0 aromatic carbocycles. The maximum Gasteiger partial charge on any atom is 0.339 e. The minimum Gasteiger partial charge on any atom is -0.488 e. The number of carbonyl (C=O) groups is 1. The molecule has 1 aliphatic heterocycles. The second-order valence-corrected chi connectivity index (χ2v) is 9.69. The number of amides is 1. The third-order valence-corrected chi connectivity index (χ3v) is 7.36. The van der Waals surface area contributed by atoms with Crippen LogP contribution in [0.15, 0.2) is 21.3 Å². The highest BCUT2D eigenvalue weighted by atomic mass is 16.5. The minimum atomic E-state index is -0.391. The van der Waals surface area contributed by atoms with Crippen molar-refractivity contribution in [3.8, 4) is 5.75 Å². The lowest BCUT2D eigenvalue weighted by Crippen LogP contribution is -2.48. The van der Waals surface area contributed by atoms with Gasteiger partial charge in [-0.05, 0) is 68.6 Å². The summed E-state index contributed by atoms with van der Waals surface area (Å²) in [5, 5.41) is 0. The van der Waals surface area contributed by atoms with E-state index in [1.54, 1.807) is 13.0 Å². The summed E-state index contributed by atoms with van der Waals surface area (Å²) in [7, 11) is 0. The van der Waals surface area contributed by atoms with E-state index in [9.17, 15) is 9.59 Å². The second-order valence-electron chi connectivity index (χ2n) is 9.69. The first-order valence-corrected chi connectivity index (χ1v) is 10.5. The fraction of sp³-hybridized carbons (Fsp3) is 0.727. The van der Waals surface area contributed by atoms with E-state index >= 15 is 0 Å². The second kappa shape index (κ2) is 6.39. The number of hydrogen-bond acceptors (Lipinski definition) is 4. The minimum absolute atomic E-state index is 0.0356. The van der Waals surface area contributed by atoms with Gasteiger partial charge in [-0.1, -0.05) is 0 Å². The van der Waals surface area contributed by atoms with Crippen LogP contribution in [0.25, 0.3) is 0 Å². The summed E-state index contributed by atoms with van der Waals surface area (Å²) >= 11 is 0. The van der Waals surface area contributed by atoms with Crippen LogP contribution < -0.4 is 10.4 Å². The Bertz CT molecular complexity index is 762. The summed E-state index contributed by atoms with van der Waals surface area (Å²) in [5.41, 5.74) is -0.0990. The van der Waals surface area contributed by atoms with Crippen molar-refractivity contribution in [3.63, 3.8) is 0 Å². The molecule has 1 aromatic rings. The Balaban J connectivity index is 1.20. The molecule has 0 radical (unpaired) electrons. The molecule has 0 spiro atoms. The summed E-state index contributed by atoms with van der Waals surface area (Å²) in [5.74, 6) is 4.05. The van der Waals surface area contributed by atoms with Crippen molar-refractivity contribution in [2.75, 3.05) is 13.1 Å². The van der Waals surface area contributed by atoms with Gasteiger partial charge in [-0.2, -0.15) is 0 Å². The summed E-state index contributed by atoms with van der Waals surface area (Å²) in [6.07, 6.45) is 9.59. The normalized spacial score (nSPS) is 37.0. The van der Waals surface area contributed by atoms with Crippen LogP contribution in [-0.2, 0) is 4.79 Å². The van der Waals surface area contributed by atoms with Gasteiger partial charge >= 0.3 is 5.63 Å². The van der Waals surface area contributed by atoms with Crippen LogP contribution in [0, 0.1) is 30.1 Å². The van der Waals surface area contributed by atoms with Crippen molar-refractivity contribution in [1.82, 2.24) is 4.90 Å². The molecule has 1 amide bonds. The lowest BCUT2D eigenvalue weighted by molar-refractivity contribution is -0.138. The highest BCUT2D eigenvalue weighted by Gasteiger charge is 2.52. The largest absolute Gasteiger partial charge is 0.488 e. The zero-order valence-electron chi connectivity index (χ0n) is 16.1. The number of likely N-dealkylation sites (tertiary alicyclic amines) is 1. The third-order valence-electron chi connectivity index (χ3n) is 7.36. The van der Waals surface area contributed by atoms with Crippen LogP contribution in [0.5, 0.6) is 5.75 Å². The molecule has 1 atom stereocenters. The first-order valence-electron chi connectivity index (χ1n) is 10.5. The van der Waals surface area contributed by atoms with E-state index in [0.29, 0.717) is 29.4 Å². The van der Waals surface area contributed by atoms with Gasteiger partial charge in [0.1, 0.15) is 17.6 Å². The molecule has 2 heterocycles. The molecule has 4 saturated carbocycles. The maximum absolute atomic E-state index is 13.0. The van der Waals surface area contributed by atoms with E-state index in [-0.39, 0.29) is 6.10 Å². The fourth-order valence-corrected chi connectivity index (χ4v) is 6.83. The molecular formula is C22H29NO4. The molecule has 5 aliphatic rings. The van der Waals surface area contributed by atoms with Gasteiger partial charge < -0.3 is 14.1 Å². The van der Waals surface area contributed by atoms with Gasteiger partial charge in [-0.3, -0.25) is 4.79 Å². The van der Waals surface area contributed by atoms with Crippen LogP contribution in [0.4, 0.5) is 0 Å². The van der Waals surface area contributed by atoms with Crippen molar-refractivity contribution >= 4 is 5.91 Å². The number of ether oxygens (including phenoxy) is 1. The molecule has 5 heteroatoms. The van der Waals surface area contributed by atoms with E-state index in [4.69, 9.17) is 9.15 Å². The molecular weight excluding hydrogens is 342 g/mol. The highest BCUT2D eigenvalue weighted by Crippen LogP contribution is 2.61. The smallest absolute Gasteiger partial charge is 0.339 e. The van der Waals surface area contributed by atoms with Crippen molar-refractivity contribution < 1.29 is 13.9 Å². The van der Waals surface area contributed by atoms with E-state index in [2.05, 4.69) is 0 Å². The zero-order chi connectivity index (χ0) is 18.6. The van der Waals surface area contributed by atoms with Crippen LogP contribution in [-0.4, -0.2) is 30.0 Å². The number of nitrogens with zero attached hydrogens (tertiary/aromatic N) is 1. The Hall–Kier alpha value is -1.78. The third kappa shape index (κ3) is 3.41. The maximum atomic E-state index is 13.0. The fourth-order valence-electron chi connectivity index (χ4n) is 6.83. The zero-order valence-corrected chi connectivity index (χ0v) is 16.1. The monoisotopic (exact) mass is 371 g/mol. The van der Waals surface area contributed by atoms with Crippen LogP contribution in [0.3, 0.4) is 0 Å². The van der Waals surface area contributed by atoms with E-state index in [0.717, 1.165) is 37.1 Å². The highest BCUT2D eigenvalue weighted by molar-refractivity contribution is 5.77. The van der Waals surface area contributed by atoms with Crippen molar-refractivity contribution in [2.24, 2.45) is 23.2 Å². The van der Waals surface area contributed by atoms with Gasteiger partial charge in [0.25, 0.3) is 0 Å². The first-order chi connectivity index (χ1) is 13.0. The molecule has 5 nitrogen and oxygen atoms in total. The van der Waals surface area contributed by atoms with Crippen LogP contribution in [0.1, 0.15) is 57.1 Å². The molecule has 146 valence electrons. The predicted octanol–water partition coefficient (Wildman–Crippen LogP) is 3.53. The van der Waals surface area contributed by atoms with Gasteiger partial charge in [0.05, 0.1) is 12.6 Å². The number of rotatable bonds is 4. The standard InChI is InChI=1S/C22H29NO4/c1-14-4-19(8-21(25)26-14)27-18-2-3-23(13-18)20(24)12-22-9-15-5-16(10-22)7-17(6-15)11-22/h4,8,15-18H,2-3,5-7,9-13H2,1H3. The molecule has 6 rings (SSSR count). The Kier molecular flexibility index (Phi) is 4.10. The predicted molar refractivity (Wildman–Crippen MR) is 101 cm³/mol. The number of hydrogen-bond donors (Lipinski definition) is 0. The van der Waals surface area contributed by atoms with Crippen molar-refractivity contribution in [2.45, 2.75) is 64.4 Å². The molecule has 1 aromatic heterocycles. The Labute approximate surface area is 160 Å². The molecule has 5 fully saturated rings. The SMILES string of the molecule is Cc1cc(OC2CCN(C(=O)CC34CC5CC(CC(C5)C3)C4)C2)cc(=O)o1. The lowest BCUT2D eigenvalue weighted by atomic mass is 9.49. The topological polar surface area (TPSA) is 59.8 Å². The van der Waals surface area contributed by atoms with Crippen LogP contribution in [0.2, 0.25) is 0 Å². The van der Waals surface area contributed by atoms with Crippen molar-refractivity contribution in [1.29, 1.82) is 0 Å². The summed E-state index contributed by atoms with van der Waals surface area (Å²) in [4.78, 5) is 26.5. The Morgan fingerprint density at radius 1 is 1.19 bits per heavy atom. The molecule has 4 aliphatic carbocycles. The molecule has 0 N–H and O–H groups in total. The van der Waals surface area contributed by atoms with Gasteiger partial charge in [0.2, 0.25) is 5.91 Å². The molecule has 4 bridgehead atoms. The average molecular weight is 371 g/mol. The van der Waals surface area contributed by atoms with Gasteiger partial charge in [0, 0.05) is 25.5 Å². The van der Waals surface area contributed by atoms with E-state index < -0.39 is 5.63 Å². The summed E-state index contributed by atoms with van der Waals surface area (Å²) in [6.45, 7) is 3.13. The van der Waals surface area contributed by atoms with Crippen molar-refractivity contribution in [3.05, 3.63) is 28.3 Å². The lowest BCUT2D eigenvalue weighted by Gasteiger charge is -2.56. The van der Waals surface area contributed by atoms with Crippen LogP contribution >= 0.6 is 0 Å². The van der Waals surface area contributed by atoms with E-state index in [1.807, 2.05) is 4.90 Å².